The minimum absolute atomic E-state index is 0.0792. The number of nitro benzene ring substituents is 1. The van der Waals surface area contributed by atoms with E-state index in [-0.39, 0.29) is 29.7 Å². The van der Waals surface area contributed by atoms with Gasteiger partial charge in [-0.1, -0.05) is 0 Å². The van der Waals surface area contributed by atoms with Crippen molar-refractivity contribution < 1.29 is 14.4 Å². The van der Waals surface area contributed by atoms with Crippen LogP contribution in [0.25, 0.3) is 11.4 Å². The molecule has 0 saturated heterocycles. The van der Waals surface area contributed by atoms with E-state index in [2.05, 4.69) is 10.2 Å². The molecule has 0 unspecified atom stereocenters. The van der Waals surface area contributed by atoms with Crippen LogP contribution in [0.2, 0.25) is 0 Å². The Bertz CT molecular complexity index is 654. The molecule has 20 heavy (non-hydrogen) atoms. The highest BCUT2D eigenvalue weighted by atomic mass is 19.1. The summed E-state index contributed by atoms with van der Waals surface area (Å²) in [6, 6.07) is 3.14. The zero-order valence-electron chi connectivity index (χ0n) is 10.9. The Morgan fingerprint density at radius 1 is 1.40 bits per heavy atom. The molecule has 0 aliphatic heterocycles. The average Bonchev–Trinajstić information content (AvgIpc) is 2.81. The fraction of sp³-hybridized carbons (Fsp3) is 0.333. The molecule has 0 atom stereocenters. The van der Waals surface area contributed by atoms with Crippen molar-refractivity contribution in [2.45, 2.75) is 26.5 Å². The number of hydrogen-bond donors (Lipinski definition) is 1. The van der Waals surface area contributed by atoms with E-state index in [1.54, 1.807) is 4.57 Å². The lowest BCUT2D eigenvalue weighted by Crippen LogP contribution is -2.08. The number of aromatic nitrogens is 3. The Morgan fingerprint density at radius 2 is 2.10 bits per heavy atom. The highest BCUT2D eigenvalue weighted by molar-refractivity contribution is 5.60. The summed E-state index contributed by atoms with van der Waals surface area (Å²) in [6.07, 6.45) is 0. The molecule has 1 aromatic carbocycles. The van der Waals surface area contributed by atoms with Gasteiger partial charge in [0.2, 0.25) is 0 Å². The summed E-state index contributed by atoms with van der Waals surface area (Å²) in [4.78, 5) is 10.1. The number of aliphatic hydroxyl groups excluding tert-OH is 1. The first-order chi connectivity index (χ1) is 9.43. The first-order valence-corrected chi connectivity index (χ1v) is 5.94. The number of benzene rings is 1. The molecule has 0 bridgehead atoms. The maximum atomic E-state index is 13.5. The largest absolute Gasteiger partial charge is 0.388 e. The van der Waals surface area contributed by atoms with Gasteiger partial charge in [-0.3, -0.25) is 10.1 Å². The summed E-state index contributed by atoms with van der Waals surface area (Å²) < 4.78 is 15.1. The number of hydrogen-bond acceptors (Lipinski definition) is 5. The van der Waals surface area contributed by atoms with Gasteiger partial charge < -0.3 is 9.67 Å². The third kappa shape index (κ3) is 2.50. The summed E-state index contributed by atoms with van der Waals surface area (Å²) in [7, 11) is 0. The molecule has 0 aliphatic rings. The van der Waals surface area contributed by atoms with Crippen molar-refractivity contribution in [1.82, 2.24) is 14.8 Å². The molecule has 0 spiro atoms. The van der Waals surface area contributed by atoms with Gasteiger partial charge >= 0.3 is 0 Å². The molecule has 0 radical (unpaired) electrons. The number of aliphatic hydroxyl groups is 1. The maximum Gasteiger partial charge on any atom is 0.273 e. The Hall–Kier alpha value is -2.35. The van der Waals surface area contributed by atoms with E-state index in [0.717, 1.165) is 12.1 Å². The highest BCUT2D eigenvalue weighted by Gasteiger charge is 2.19. The summed E-state index contributed by atoms with van der Waals surface area (Å²) in [5.74, 6) is -0.119. The van der Waals surface area contributed by atoms with E-state index in [4.69, 9.17) is 0 Å². The van der Waals surface area contributed by atoms with Crippen molar-refractivity contribution in [3.05, 3.63) is 40.0 Å². The van der Waals surface area contributed by atoms with Crippen molar-refractivity contribution in [1.29, 1.82) is 0 Å². The Morgan fingerprint density at radius 3 is 2.65 bits per heavy atom. The molecule has 0 amide bonds. The van der Waals surface area contributed by atoms with E-state index in [1.165, 1.54) is 6.07 Å². The smallest absolute Gasteiger partial charge is 0.273 e. The number of nitrogens with zero attached hydrogens (tertiary/aromatic N) is 4. The number of non-ortho nitro benzene ring substituents is 1. The average molecular weight is 280 g/mol. The number of nitro groups is 1. The van der Waals surface area contributed by atoms with Crippen LogP contribution in [0.4, 0.5) is 10.1 Å². The summed E-state index contributed by atoms with van der Waals surface area (Å²) in [6.45, 7) is 3.38. The molecule has 8 heteroatoms. The molecule has 2 rings (SSSR count). The lowest BCUT2D eigenvalue weighted by atomic mass is 10.1. The Labute approximate surface area is 113 Å². The van der Waals surface area contributed by atoms with Crippen LogP contribution in [0.15, 0.2) is 18.2 Å². The molecular weight excluding hydrogens is 267 g/mol. The van der Waals surface area contributed by atoms with Gasteiger partial charge in [0.15, 0.2) is 11.6 Å². The van der Waals surface area contributed by atoms with Gasteiger partial charge in [0.25, 0.3) is 5.69 Å². The van der Waals surface area contributed by atoms with Gasteiger partial charge in [0.1, 0.15) is 12.4 Å². The van der Waals surface area contributed by atoms with Crippen LogP contribution in [0.5, 0.6) is 0 Å². The zero-order chi connectivity index (χ0) is 14.9. The van der Waals surface area contributed by atoms with Crippen molar-refractivity contribution >= 4 is 5.69 Å². The summed E-state index contributed by atoms with van der Waals surface area (Å²) in [5, 5.41) is 27.7. The molecular formula is C12H13FN4O3. The van der Waals surface area contributed by atoms with Gasteiger partial charge in [0.05, 0.1) is 11.0 Å². The molecule has 1 heterocycles. The van der Waals surface area contributed by atoms with Crippen molar-refractivity contribution in [2.75, 3.05) is 0 Å². The highest BCUT2D eigenvalue weighted by Crippen LogP contribution is 2.27. The van der Waals surface area contributed by atoms with Gasteiger partial charge in [-0.15, -0.1) is 10.2 Å². The number of halogens is 1. The van der Waals surface area contributed by atoms with Gasteiger partial charge in [0, 0.05) is 17.7 Å². The summed E-state index contributed by atoms with van der Waals surface area (Å²) >= 11 is 0. The molecule has 0 saturated carbocycles. The third-order valence-electron chi connectivity index (χ3n) is 2.78. The number of rotatable bonds is 4. The SMILES string of the molecule is CC(C)n1c(CO)nnc1-c1cc(F)cc([N+](=O)[O-])c1. The van der Waals surface area contributed by atoms with Crippen LogP contribution in [0.3, 0.4) is 0 Å². The topological polar surface area (TPSA) is 94.1 Å². The van der Waals surface area contributed by atoms with Crippen LogP contribution in [0, 0.1) is 15.9 Å². The van der Waals surface area contributed by atoms with E-state index in [1.807, 2.05) is 13.8 Å². The standard InChI is InChI=1S/C12H13FN4O3/c1-7(2)16-11(6-18)14-15-12(16)8-3-9(13)5-10(4-8)17(19)20/h3-5,7,18H,6H2,1-2H3. The quantitative estimate of drug-likeness (QED) is 0.683. The van der Waals surface area contributed by atoms with Crippen molar-refractivity contribution in [3.8, 4) is 11.4 Å². The zero-order valence-corrected chi connectivity index (χ0v) is 10.9. The van der Waals surface area contributed by atoms with Crippen LogP contribution in [-0.2, 0) is 6.61 Å². The second-order valence-corrected chi connectivity index (χ2v) is 4.52. The molecule has 106 valence electrons. The first kappa shape index (κ1) is 14.1. The minimum atomic E-state index is -0.724. The van der Waals surface area contributed by atoms with Crippen LogP contribution in [0.1, 0.15) is 25.7 Å². The first-order valence-electron chi connectivity index (χ1n) is 5.94. The van der Waals surface area contributed by atoms with Crippen LogP contribution in [-0.4, -0.2) is 24.8 Å². The van der Waals surface area contributed by atoms with E-state index in [0.29, 0.717) is 5.82 Å². The van der Waals surface area contributed by atoms with E-state index < -0.39 is 10.7 Å². The lowest BCUT2D eigenvalue weighted by molar-refractivity contribution is -0.385. The molecule has 2 aromatic rings. The van der Waals surface area contributed by atoms with Gasteiger partial charge in [-0.25, -0.2) is 4.39 Å². The maximum absolute atomic E-state index is 13.5. The predicted octanol–water partition coefficient (Wildman–Crippen LogP) is 2.07. The second kappa shape index (κ2) is 5.33. The lowest BCUT2D eigenvalue weighted by Gasteiger charge is -2.13. The Kier molecular flexibility index (Phi) is 3.75. The predicted molar refractivity (Wildman–Crippen MR) is 68.4 cm³/mol. The molecule has 1 aromatic heterocycles. The minimum Gasteiger partial charge on any atom is -0.388 e. The second-order valence-electron chi connectivity index (χ2n) is 4.52. The van der Waals surface area contributed by atoms with E-state index in [9.17, 15) is 19.6 Å². The van der Waals surface area contributed by atoms with Crippen LogP contribution < -0.4 is 0 Å². The normalized spacial score (nSPS) is 11.1. The molecule has 7 nitrogen and oxygen atoms in total. The monoisotopic (exact) mass is 280 g/mol. The van der Waals surface area contributed by atoms with Crippen molar-refractivity contribution in [3.63, 3.8) is 0 Å². The van der Waals surface area contributed by atoms with Crippen LogP contribution >= 0.6 is 0 Å². The fourth-order valence-electron chi connectivity index (χ4n) is 1.98. The van der Waals surface area contributed by atoms with E-state index >= 15 is 0 Å². The molecule has 0 aliphatic carbocycles. The van der Waals surface area contributed by atoms with Crippen molar-refractivity contribution in [2.24, 2.45) is 0 Å². The van der Waals surface area contributed by atoms with Gasteiger partial charge in [-0.2, -0.15) is 0 Å². The third-order valence-corrected chi connectivity index (χ3v) is 2.78. The van der Waals surface area contributed by atoms with Gasteiger partial charge in [-0.05, 0) is 19.9 Å². The Balaban J connectivity index is 2.62. The molecule has 0 fully saturated rings. The fourth-order valence-corrected chi connectivity index (χ4v) is 1.98. The molecule has 1 N–H and O–H groups in total. The summed E-state index contributed by atoms with van der Waals surface area (Å²) in [5.41, 5.74) is -0.110.